The van der Waals surface area contributed by atoms with Crippen molar-refractivity contribution >= 4 is 28.8 Å². The summed E-state index contributed by atoms with van der Waals surface area (Å²) in [6, 6.07) is 9.09. The van der Waals surface area contributed by atoms with Gasteiger partial charge in [0.05, 0.1) is 0 Å². The molecule has 0 saturated carbocycles. The number of nitrogens with one attached hydrogen (secondary N) is 2. The highest BCUT2D eigenvalue weighted by atomic mass is 32.1. The predicted molar refractivity (Wildman–Crippen MR) is 100 cm³/mol. The maximum Gasteiger partial charge on any atom is 0.313 e. The Morgan fingerprint density at radius 2 is 1.89 bits per heavy atom. The molecule has 2 aliphatic rings. The van der Waals surface area contributed by atoms with E-state index in [1.54, 1.807) is 29.5 Å². The van der Waals surface area contributed by atoms with Crippen molar-refractivity contribution in [3.8, 4) is 11.5 Å². The number of benzene rings is 1. The van der Waals surface area contributed by atoms with Gasteiger partial charge in [-0.2, -0.15) is 0 Å². The summed E-state index contributed by atoms with van der Waals surface area (Å²) < 4.78 is 16.0. The Morgan fingerprint density at radius 1 is 1.07 bits per heavy atom. The zero-order chi connectivity index (χ0) is 18.7. The monoisotopic (exact) mass is 388 g/mol. The number of anilines is 1. The van der Waals surface area contributed by atoms with Gasteiger partial charge in [0.1, 0.15) is 0 Å². The van der Waals surface area contributed by atoms with E-state index in [1.165, 1.54) is 4.88 Å². The highest BCUT2D eigenvalue weighted by Crippen LogP contribution is 2.37. The van der Waals surface area contributed by atoms with Crippen LogP contribution in [-0.2, 0) is 19.7 Å². The van der Waals surface area contributed by atoms with Crippen LogP contribution in [0.3, 0.4) is 0 Å². The molecular weight excluding hydrogens is 368 g/mol. The third kappa shape index (κ3) is 3.77. The minimum Gasteiger partial charge on any atom is -0.454 e. The number of fused-ring (bicyclic) bond motifs is 1. The normalized spacial score (nSPS) is 17.3. The summed E-state index contributed by atoms with van der Waals surface area (Å²) in [5.74, 6) is -0.195. The number of carbonyl (C=O) groups is 2. The summed E-state index contributed by atoms with van der Waals surface area (Å²) >= 11 is 1.67. The summed E-state index contributed by atoms with van der Waals surface area (Å²) in [5.41, 5.74) is 0.305. The Kier molecular flexibility index (Phi) is 5.00. The average Bonchev–Trinajstić information content (AvgIpc) is 3.38. The van der Waals surface area contributed by atoms with Gasteiger partial charge in [-0.05, 0) is 36.4 Å². The lowest BCUT2D eigenvalue weighted by molar-refractivity contribution is -0.136. The van der Waals surface area contributed by atoms with Gasteiger partial charge in [-0.25, -0.2) is 0 Å². The van der Waals surface area contributed by atoms with Gasteiger partial charge in [-0.15, -0.1) is 11.3 Å². The van der Waals surface area contributed by atoms with Crippen molar-refractivity contribution in [3.63, 3.8) is 0 Å². The highest BCUT2D eigenvalue weighted by molar-refractivity contribution is 7.10. The largest absolute Gasteiger partial charge is 0.454 e. The molecule has 7 nitrogen and oxygen atoms in total. The summed E-state index contributed by atoms with van der Waals surface area (Å²) in [7, 11) is 0. The van der Waals surface area contributed by atoms with E-state index in [9.17, 15) is 9.59 Å². The molecule has 142 valence electrons. The van der Waals surface area contributed by atoms with Gasteiger partial charge in [-0.1, -0.05) is 6.07 Å². The summed E-state index contributed by atoms with van der Waals surface area (Å²) in [4.78, 5) is 25.8. The molecule has 0 aliphatic carbocycles. The summed E-state index contributed by atoms with van der Waals surface area (Å²) in [6.07, 6.45) is 1.63. The van der Waals surface area contributed by atoms with Crippen molar-refractivity contribution < 1.29 is 23.8 Å². The molecule has 2 aromatic rings. The van der Waals surface area contributed by atoms with Gasteiger partial charge < -0.3 is 24.8 Å². The zero-order valence-electron chi connectivity index (χ0n) is 14.7. The smallest absolute Gasteiger partial charge is 0.313 e. The molecule has 2 amide bonds. The van der Waals surface area contributed by atoms with E-state index in [4.69, 9.17) is 14.2 Å². The molecule has 0 bridgehead atoms. The van der Waals surface area contributed by atoms with Gasteiger partial charge in [0, 0.05) is 41.8 Å². The fourth-order valence-corrected chi connectivity index (χ4v) is 4.33. The molecule has 4 rings (SSSR count). The number of hydrogen-bond donors (Lipinski definition) is 2. The SMILES string of the molecule is O=C(NCC1(c2cccs2)CCOCC1)C(=O)Nc1ccc2c(c1)OCO2. The molecule has 8 heteroatoms. The minimum absolute atomic E-state index is 0.155. The van der Waals surface area contributed by atoms with Crippen molar-refractivity contribution in [3.05, 3.63) is 40.6 Å². The van der Waals surface area contributed by atoms with E-state index in [0.717, 1.165) is 12.8 Å². The van der Waals surface area contributed by atoms with Crippen molar-refractivity contribution in [2.45, 2.75) is 18.3 Å². The lowest BCUT2D eigenvalue weighted by Gasteiger charge is -2.36. The first-order chi connectivity index (χ1) is 13.2. The van der Waals surface area contributed by atoms with Crippen LogP contribution in [0.2, 0.25) is 0 Å². The Balaban J connectivity index is 1.38. The van der Waals surface area contributed by atoms with E-state index in [1.807, 2.05) is 11.4 Å². The number of hydrogen-bond acceptors (Lipinski definition) is 6. The second-order valence-corrected chi connectivity index (χ2v) is 7.52. The molecule has 1 fully saturated rings. The molecule has 2 aliphatic heterocycles. The van der Waals surface area contributed by atoms with E-state index < -0.39 is 11.8 Å². The first-order valence-corrected chi connectivity index (χ1v) is 9.65. The van der Waals surface area contributed by atoms with Gasteiger partial charge in [0.25, 0.3) is 0 Å². The van der Waals surface area contributed by atoms with Crippen LogP contribution in [0.5, 0.6) is 11.5 Å². The van der Waals surface area contributed by atoms with E-state index in [-0.39, 0.29) is 12.2 Å². The third-order valence-electron chi connectivity index (χ3n) is 4.92. The maximum atomic E-state index is 12.3. The number of rotatable bonds is 4. The number of carbonyl (C=O) groups excluding carboxylic acids is 2. The summed E-state index contributed by atoms with van der Waals surface area (Å²) in [6.45, 7) is 1.86. The molecule has 27 heavy (non-hydrogen) atoms. The van der Waals surface area contributed by atoms with Crippen LogP contribution in [0.1, 0.15) is 17.7 Å². The van der Waals surface area contributed by atoms with Gasteiger partial charge in [0.15, 0.2) is 11.5 Å². The fraction of sp³-hybridized carbons (Fsp3) is 0.368. The van der Waals surface area contributed by atoms with Gasteiger partial charge >= 0.3 is 11.8 Å². The second-order valence-electron chi connectivity index (χ2n) is 6.57. The van der Waals surface area contributed by atoms with Gasteiger partial charge in [0.2, 0.25) is 6.79 Å². The third-order valence-corrected chi connectivity index (χ3v) is 6.03. The first kappa shape index (κ1) is 17.8. The van der Waals surface area contributed by atoms with Crippen molar-refractivity contribution in [1.82, 2.24) is 5.32 Å². The molecule has 1 aromatic carbocycles. The maximum absolute atomic E-state index is 12.3. The van der Waals surface area contributed by atoms with Crippen molar-refractivity contribution in [2.75, 3.05) is 31.9 Å². The molecule has 2 N–H and O–H groups in total. The van der Waals surface area contributed by atoms with Crippen LogP contribution in [0, 0.1) is 0 Å². The van der Waals surface area contributed by atoms with Gasteiger partial charge in [-0.3, -0.25) is 9.59 Å². The lowest BCUT2D eigenvalue weighted by Crippen LogP contribution is -2.46. The molecule has 0 spiro atoms. The molecule has 1 saturated heterocycles. The van der Waals surface area contributed by atoms with Crippen LogP contribution in [0.4, 0.5) is 5.69 Å². The number of ether oxygens (including phenoxy) is 3. The quantitative estimate of drug-likeness (QED) is 0.785. The minimum atomic E-state index is -0.706. The Bertz CT molecular complexity index is 831. The Morgan fingerprint density at radius 3 is 2.67 bits per heavy atom. The average molecular weight is 388 g/mol. The van der Waals surface area contributed by atoms with Crippen LogP contribution in [0.25, 0.3) is 0 Å². The van der Waals surface area contributed by atoms with Crippen LogP contribution in [0.15, 0.2) is 35.7 Å². The van der Waals surface area contributed by atoms with Crippen molar-refractivity contribution in [1.29, 1.82) is 0 Å². The molecule has 0 radical (unpaired) electrons. The number of amides is 2. The molecular formula is C19H20N2O5S. The lowest BCUT2D eigenvalue weighted by atomic mass is 9.78. The molecule has 1 aromatic heterocycles. The zero-order valence-corrected chi connectivity index (χ0v) is 15.5. The first-order valence-electron chi connectivity index (χ1n) is 8.77. The van der Waals surface area contributed by atoms with E-state index in [2.05, 4.69) is 16.7 Å². The Labute approximate surface area is 160 Å². The topological polar surface area (TPSA) is 85.9 Å². The Hall–Kier alpha value is -2.58. The van der Waals surface area contributed by atoms with Crippen molar-refractivity contribution in [2.24, 2.45) is 0 Å². The molecule has 0 unspecified atom stereocenters. The molecule has 0 atom stereocenters. The van der Waals surface area contributed by atoms with Crippen LogP contribution < -0.4 is 20.1 Å². The standard InChI is InChI=1S/C19H20N2O5S/c22-17(18(23)21-13-3-4-14-15(10-13)26-12-25-14)20-11-19(5-7-24-8-6-19)16-2-1-9-27-16/h1-4,9-10H,5-8,11-12H2,(H,20,22)(H,21,23). The highest BCUT2D eigenvalue weighted by Gasteiger charge is 2.36. The van der Waals surface area contributed by atoms with Crippen LogP contribution in [-0.4, -0.2) is 38.4 Å². The van der Waals surface area contributed by atoms with E-state index in [0.29, 0.717) is 36.9 Å². The molecule has 3 heterocycles. The van der Waals surface area contributed by atoms with Crippen LogP contribution >= 0.6 is 11.3 Å². The fourth-order valence-electron chi connectivity index (χ4n) is 3.34. The van der Waals surface area contributed by atoms with E-state index >= 15 is 0 Å². The number of thiophene rings is 1. The predicted octanol–water partition coefficient (Wildman–Crippen LogP) is 2.28. The second kappa shape index (κ2) is 7.58. The summed E-state index contributed by atoms with van der Waals surface area (Å²) in [5, 5.41) is 7.42.